The van der Waals surface area contributed by atoms with Gasteiger partial charge in [0.1, 0.15) is 11.5 Å². The van der Waals surface area contributed by atoms with E-state index in [1.165, 1.54) is 16.7 Å². The lowest BCUT2D eigenvalue weighted by atomic mass is 9.95. The molecule has 0 saturated carbocycles. The molecule has 3 heteroatoms. The molecule has 0 radical (unpaired) electrons. The average Bonchev–Trinajstić information content (AvgIpc) is 2.67. The van der Waals surface area contributed by atoms with Crippen molar-refractivity contribution in [1.29, 1.82) is 0 Å². The van der Waals surface area contributed by atoms with Crippen LogP contribution in [-0.4, -0.2) is 6.54 Å². The van der Waals surface area contributed by atoms with Gasteiger partial charge in [0.2, 0.25) is 0 Å². The van der Waals surface area contributed by atoms with Gasteiger partial charge in [0.25, 0.3) is 0 Å². The van der Waals surface area contributed by atoms with E-state index in [9.17, 15) is 0 Å². The first kappa shape index (κ1) is 15.1. The molecule has 1 aromatic heterocycles. The van der Waals surface area contributed by atoms with Gasteiger partial charge < -0.3 is 9.73 Å². The van der Waals surface area contributed by atoms with Crippen molar-refractivity contribution in [1.82, 2.24) is 5.32 Å². The third-order valence-electron chi connectivity index (χ3n) is 3.71. The van der Waals surface area contributed by atoms with Crippen LogP contribution in [0.25, 0.3) is 0 Å². The number of benzene rings is 1. The van der Waals surface area contributed by atoms with Gasteiger partial charge in [0.15, 0.2) is 0 Å². The highest BCUT2D eigenvalue weighted by atomic mass is 35.5. The van der Waals surface area contributed by atoms with Gasteiger partial charge in [-0.05, 0) is 57.0 Å². The van der Waals surface area contributed by atoms with Crippen molar-refractivity contribution in [3.05, 3.63) is 57.5 Å². The van der Waals surface area contributed by atoms with Crippen molar-refractivity contribution in [3.63, 3.8) is 0 Å². The molecule has 2 aromatic rings. The van der Waals surface area contributed by atoms with Crippen LogP contribution in [0.1, 0.15) is 47.6 Å². The summed E-state index contributed by atoms with van der Waals surface area (Å²) < 4.78 is 5.79. The molecule has 0 aliphatic heterocycles. The van der Waals surface area contributed by atoms with E-state index >= 15 is 0 Å². The first-order valence-electron chi connectivity index (χ1n) is 7.10. The molecule has 1 unspecified atom stereocenters. The summed E-state index contributed by atoms with van der Waals surface area (Å²) in [4.78, 5) is 0. The molecule has 0 amide bonds. The molecule has 20 heavy (non-hydrogen) atoms. The summed E-state index contributed by atoms with van der Waals surface area (Å²) in [5, 5.41) is 4.38. The zero-order valence-electron chi connectivity index (χ0n) is 12.6. The molecule has 2 nitrogen and oxygen atoms in total. The SMILES string of the molecule is CCCNC(c1ccc(Cl)cc1)c1c(C)oc(C)c1C. The Morgan fingerprint density at radius 3 is 2.25 bits per heavy atom. The van der Waals surface area contributed by atoms with Crippen molar-refractivity contribution in [2.45, 2.75) is 40.2 Å². The van der Waals surface area contributed by atoms with Gasteiger partial charge in [0, 0.05) is 10.6 Å². The van der Waals surface area contributed by atoms with Crippen LogP contribution in [0.5, 0.6) is 0 Å². The van der Waals surface area contributed by atoms with Crippen LogP contribution in [0, 0.1) is 20.8 Å². The molecule has 108 valence electrons. The van der Waals surface area contributed by atoms with Crippen molar-refractivity contribution >= 4 is 11.6 Å². The van der Waals surface area contributed by atoms with Crippen LogP contribution in [0.2, 0.25) is 5.02 Å². The quantitative estimate of drug-likeness (QED) is 0.843. The predicted octanol–water partition coefficient (Wildman–Crippen LogP) is 4.95. The predicted molar refractivity (Wildman–Crippen MR) is 84.5 cm³/mol. The number of furan rings is 1. The molecular weight excluding hydrogens is 270 g/mol. The Morgan fingerprint density at radius 1 is 1.10 bits per heavy atom. The minimum atomic E-state index is 0.157. The minimum Gasteiger partial charge on any atom is -0.466 e. The summed E-state index contributed by atoms with van der Waals surface area (Å²) in [6.07, 6.45) is 1.10. The zero-order chi connectivity index (χ0) is 14.7. The van der Waals surface area contributed by atoms with E-state index in [4.69, 9.17) is 16.0 Å². The maximum atomic E-state index is 5.99. The Balaban J connectivity index is 2.44. The van der Waals surface area contributed by atoms with E-state index in [0.29, 0.717) is 0 Å². The smallest absolute Gasteiger partial charge is 0.106 e. The van der Waals surface area contributed by atoms with E-state index in [1.54, 1.807) is 0 Å². The Hall–Kier alpha value is -1.25. The van der Waals surface area contributed by atoms with E-state index in [2.05, 4.69) is 31.3 Å². The second-order valence-corrected chi connectivity index (χ2v) is 5.63. The summed E-state index contributed by atoms with van der Waals surface area (Å²) in [5.74, 6) is 1.98. The largest absolute Gasteiger partial charge is 0.466 e. The van der Waals surface area contributed by atoms with Crippen LogP contribution >= 0.6 is 11.6 Å². The second kappa shape index (κ2) is 6.47. The molecule has 0 aliphatic rings. The molecule has 0 fully saturated rings. The maximum Gasteiger partial charge on any atom is 0.106 e. The summed E-state index contributed by atoms with van der Waals surface area (Å²) in [6.45, 7) is 9.32. The molecule has 0 aliphatic carbocycles. The van der Waals surface area contributed by atoms with E-state index < -0.39 is 0 Å². The topological polar surface area (TPSA) is 25.2 Å². The number of hydrogen-bond acceptors (Lipinski definition) is 2. The molecule has 0 bridgehead atoms. The fourth-order valence-electron chi connectivity index (χ4n) is 2.57. The van der Waals surface area contributed by atoms with Crippen LogP contribution in [0.4, 0.5) is 0 Å². The highest BCUT2D eigenvalue weighted by Gasteiger charge is 2.22. The Bertz CT molecular complexity index is 571. The molecule has 1 aromatic carbocycles. The highest BCUT2D eigenvalue weighted by molar-refractivity contribution is 6.30. The number of aryl methyl sites for hydroxylation is 2. The second-order valence-electron chi connectivity index (χ2n) is 5.19. The van der Waals surface area contributed by atoms with E-state index in [0.717, 1.165) is 29.5 Å². The Kier molecular flexibility index (Phi) is 4.90. The van der Waals surface area contributed by atoms with Gasteiger partial charge in [-0.3, -0.25) is 0 Å². The molecule has 0 spiro atoms. The lowest BCUT2D eigenvalue weighted by Gasteiger charge is -2.20. The van der Waals surface area contributed by atoms with Crippen LogP contribution in [0.3, 0.4) is 0 Å². The third kappa shape index (κ3) is 3.08. The zero-order valence-corrected chi connectivity index (χ0v) is 13.3. The third-order valence-corrected chi connectivity index (χ3v) is 3.96. The first-order chi connectivity index (χ1) is 9.54. The van der Waals surface area contributed by atoms with Gasteiger partial charge in [-0.1, -0.05) is 30.7 Å². The molecule has 2 rings (SSSR count). The standard InChI is InChI=1S/C17H22ClNO/c1-5-10-19-17(14-6-8-15(18)9-7-14)16-11(2)12(3)20-13(16)4/h6-9,17,19H,5,10H2,1-4H3. The Labute approximate surface area is 126 Å². The monoisotopic (exact) mass is 291 g/mol. The first-order valence-corrected chi connectivity index (χ1v) is 7.47. The highest BCUT2D eigenvalue weighted by Crippen LogP contribution is 2.32. The molecule has 1 atom stereocenters. The van der Waals surface area contributed by atoms with Crippen molar-refractivity contribution in [2.24, 2.45) is 0 Å². The van der Waals surface area contributed by atoms with Crippen LogP contribution in [-0.2, 0) is 0 Å². The fraction of sp³-hybridized carbons (Fsp3) is 0.412. The lowest BCUT2D eigenvalue weighted by Crippen LogP contribution is -2.24. The Morgan fingerprint density at radius 2 is 1.75 bits per heavy atom. The van der Waals surface area contributed by atoms with Crippen molar-refractivity contribution in [3.8, 4) is 0 Å². The lowest BCUT2D eigenvalue weighted by molar-refractivity contribution is 0.493. The maximum absolute atomic E-state index is 5.99. The van der Waals surface area contributed by atoms with Crippen LogP contribution in [0.15, 0.2) is 28.7 Å². The minimum absolute atomic E-state index is 0.157. The molecule has 1 N–H and O–H groups in total. The van der Waals surface area contributed by atoms with Crippen molar-refractivity contribution in [2.75, 3.05) is 6.54 Å². The normalized spacial score (nSPS) is 12.7. The van der Waals surface area contributed by atoms with E-state index in [-0.39, 0.29) is 6.04 Å². The number of nitrogens with one attached hydrogen (secondary N) is 1. The summed E-state index contributed by atoms with van der Waals surface area (Å²) in [5.41, 5.74) is 3.69. The average molecular weight is 292 g/mol. The fourth-order valence-corrected chi connectivity index (χ4v) is 2.69. The van der Waals surface area contributed by atoms with Gasteiger partial charge in [-0.2, -0.15) is 0 Å². The van der Waals surface area contributed by atoms with Gasteiger partial charge in [0.05, 0.1) is 6.04 Å². The van der Waals surface area contributed by atoms with Gasteiger partial charge >= 0.3 is 0 Å². The van der Waals surface area contributed by atoms with Gasteiger partial charge in [-0.15, -0.1) is 0 Å². The van der Waals surface area contributed by atoms with Gasteiger partial charge in [-0.25, -0.2) is 0 Å². The summed E-state index contributed by atoms with van der Waals surface area (Å²) in [7, 11) is 0. The number of hydrogen-bond donors (Lipinski definition) is 1. The molecular formula is C17H22ClNO. The van der Waals surface area contributed by atoms with Crippen LogP contribution < -0.4 is 5.32 Å². The number of halogens is 1. The van der Waals surface area contributed by atoms with Crippen molar-refractivity contribution < 1.29 is 4.42 Å². The summed E-state index contributed by atoms with van der Waals surface area (Å²) >= 11 is 5.99. The number of rotatable bonds is 5. The summed E-state index contributed by atoms with van der Waals surface area (Å²) in [6, 6.07) is 8.20. The molecule has 1 heterocycles. The molecule has 0 saturated heterocycles. The van der Waals surface area contributed by atoms with E-state index in [1.807, 2.05) is 26.0 Å².